The van der Waals surface area contributed by atoms with Crippen LogP contribution in [0.5, 0.6) is 0 Å². The second-order valence-electron chi connectivity index (χ2n) is 4.15. The number of carbonyl (C=O) groups excluding carboxylic acids is 1. The van der Waals surface area contributed by atoms with Crippen LogP contribution < -0.4 is 10.2 Å². The van der Waals surface area contributed by atoms with E-state index in [1.165, 1.54) is 30.9 Å². The number of amides is 1. The molecule has 0 aliphatic rings. The zero-order valence-electron chi connectivity index (χ0n) is 11.1. The first kappa shape index (κ1) is 17.4. The first-order chi connectivity index (χ1) is 9.51. The molecule has 1 rings (SSSR count). The molecule has 0 aromatic heterocycles. The Morgan fingerprint density at radius 1 is 1.33 bits per heavy atom. The van der Waals surface area contributed by atoms with Gasteiger partial charge < -0.3 is 5.32 Å². The van der Waals surface area contributed by atoms with Gasteiger partial charge in [-0.25, -0.2) is 8.42 Å². The molecule has 0 fully saturated rings. The van der Waals surface area contributed by atoms with E-state index >= 15 is 0 Å². The maximum absolute atomic E-state index is 11.9. The fourth-order valence-electron chi connectivity index (χ4n) is 1.40. The van der Waals surface area contributed by atoms with Gasteiger partial charge in [-0.3, -0.25) is 9.63 Å². The summed E-state index contributed by atoms with van der Waals surface area (Å²) in [5.41, 5.74) is 0.483. The molecule has 0 spiro atoms. The highest BCUT2D eigenvalue weighted by Crippen LogP contribution is 2.20. The van der Waals surface area contributed by atoms with Gasteiger partial charge in [0.05, 0.1) is 4.90 Å². The number of anilines is 1. The van der Waals surface area contributed by atoms with Gasteiger partial charge in [-0.15, -0.1) is 0 Å². The molecule has 0 aliphatic heterocycles. The first-order valence-electron chi connectivity index (χ1n) is 5.60. The number of hydrogen-bond donors (Lipinski definition) is 2. The molecule has 2 N–H and O–H groups in total. The third-order valence-electron chi connectivity index (χ3n) is 2.20. The predicted molar refractivity (Wildman–Crippen MR) is 67.8 cm³/mol. The van der Waals surface area contributed by atoms with E-state index in [9.17, 15) is 26.4 Å². The van der Waals surface area contributed by atoms with Crippen LogP contribution in [-0.4, -0.2) is 27.1 Å². The Labute approximate surface area is 119 Å². The van der Waals surface area contributed by atoms with Gasteiger partial charge in [-0.2, -0.15) is 13.2 Å². The molecule has 0 saturated carbocycles. The predicted octanol–water partition coefficient (Wildman–Crippen LogP) is 1.73. The van der Waals surface area contributed by atoms with Crippen LogP contribution in [0.2, 0.25) is 0 Å². The smallest absolute Gasteiger partial charge is 0.326 e. The topological polar surface area (TPSA) is 84.5 Å². The summed E-state index contributed by atoms with van der Waals surface area (Å²) in [6.07, 6.45) is -4.66. The molecule has 0 aliphatic carbocycles. The Kier molecular flexibility index (Phi) is 5.31. The Balaban J connectivity index is 2.94. The fraction of sp³-hybridized carbons (Fsp3) is 0.364. The van der Waals surface area contributed by atoms with Crippen LogP contribution >= 0.6 is 0 Å². The molecule has 21 heavy (non-hydrogen) atoms. The van der Waals surface area contributed by atoms with Gasteiger partial charge in [0.15, 0.2) is 6.61 Å². The Hall–Kier alpha value is -1.65. The van der Waals surface area contributed by atoms with Crippen molar-refractivity contribution in [1.82, 2.24) is 4.89 Å². The SMILES string of the molecule is CC(=O)Nc1ccc(C)c(S(=O)(=O)NOCC(F)(F)F)c1. The zero-order chi connectivity index (χ0) is 16.3. The molecular formula is C11H13F3N2O4S. The maximum Gasteiger partial charge on any atom is 0.413 e. The molecule has 0 bridgehead atoms. The van der Waals surface area contributed by atoms with E-state index in [1.807, 2.05) is 0 Å². The van der Waals surface area contributed by atoms with Crippen molar-refractivity contribution in [3.63, 3.8) is 0 Å². The minimum Gasteiger partial charge on any atom is -0.326 e. The van der Waals surface area contributed by atoms with Crippen LogP contribution in [0, 0.1) is 6.92 Å². The van der Waals surface area contributed by atoms with Crippen molar-refractivity contribution in [2.75, 3.05) is 11.9 Å². The van der Waals surface area contributed by atoms with Gasteiger partial charge >= 0.3 is 6.18 Å². The molecule has 10 heteroatoms. The number of nitrogens with one attached hydrogen (secondary N) is 2. The quantitative estimate of drug-likeness (QED) is 0.807. The molecular weight excluding hydrogens is 313 g/mol. The lowest BCUT2D eigenvalue weighted by Crippen LogP contribution is -2.30. The first-order valence-corrected chi connectivity index (χ1v) is 7.08. The average Bonchev–Trinajstić information content (AvgIpc) is 2.28. The zero-order valence-corrected chi connectivity index (χ0v) is 11.9. The number of carbonyl (C=O) groups is 1. The van der Waals surface area contributed by atoms with Gasteiger partial charge in [0.25, 0.3) is 10.0 Å². The van der Waals surface area contributed by atoms with E-state index in [-0.39, 0.29) is 16.1 Å². The highest BCUT2D eigenvalue weighted by molar-refractivity contribution is 7.89. The molecule has 6 nitrogen and oxygen atoms in total. The molecule has 0 saturated heterocycles. The molecule has 1 aromatic rings. The van der Waals surface area contributed by atoms with E-state index in [0.717, 1.165) is 6.07 Å². The molecule has 1 aromatic carbocycles. The van der Waals surface area contributed by atoms with Crippen molar-refractivity contribution < 1.29 is 31.2 Å². The highest BCUT2D eigenvalue weighted by atomic mass is 32.2. The van der Waals surface area contributed by atoms with Gasteiger partial charge in [-0.05, 0) is 24.6 Å². The third kappa shape index (κ3) is 5.69. The summed E-state index contributed by atoms with van der Waals surface area (Å²) in [6.45, 7) is 0.936. The van der Waals surface area contributed by atoms with Crippen LogP contribution in [0.3, 0.4) is 0 Å². The highest BCUT2D eigenvalue weighted by Gasteiger charge is 2.29. The van der Waals surface area contributed by atoms with Crippen molar-refractivity contribution in [2.45, 2.75) is 24.9 Å². The van der Waals surface area contributed by atoms with E-state index < -0.39 is 28.7 Å². The van der Waals surface area contributed by atoms with E-state index in [0.29, 0.717) is 0 Å². The van der Waals surface area contributed by atoms with Crippen molar-refractivity contribution >= 4 is 21.6 Å². The number of halogens is 3. The number of aryl methyl sites for hydroxylation is 1. The Bertz CT molecular complexity index is 629. The number of rotatable bonds is 5. The molecule has 1 amide bonds. The summed E-state index contributed by atoms with van der Waals surface area (Å²) in [5, 5.41) is 2.37. The fourth-order valence-corrected chi connectivity index (χ4v) is 2.48. The van der Waals surface area contributed by atoms with Crippen LogP contribution in [0.25, 0.3) is 0 Å². The van der Waals surface area contributed by atoms with Crippen molar-refractivity contribution in [3.8, 4) is 0 Å². The summed E-state index contributed by atoms with van der Waals surface area (Å²) in [4.78, 5) is 16.0. The van der Waals surface area contributed by atoms with Crippen LogP contribution in [0.4, 0.5) is 18.9 Å². The van der Waals surface area contributed by atoms with Crippen molar-refractivity contribution in [2.24, 2.45) is 0 Å². The van der Waals surface area contributed by atoms with Crippen molar-refractivity contribution in [3.05, 3.63) is 23.8 Å². The van der Waals surface area contributed by atoms with Gasteiger partial charge in [0, 0.05) is 12.6 Å². The lowest BCUT2D eigenvalue weighted by Gasteiger charge is -2.12. The second-order valence-corrected chi connectivity index (χ2v) is 5.77. The lowest BCUT2D eigenvalue weighted by atomic mass is 10.2. The molecule has 0 heterocycles. The average molecular weight is 326 g/mol. The summed E-state index contributed by atoms with van der Waals surface area (Å²) in [5.74, 6) is -0.413. The minimum absolute atomic E-state index is 0.198. The number of hydrogen-bond acceptors (Lipinski definition) is 4. The van der Waals surface area contributed by atoms with Crippen LogP contribution in [0.15, 0.2) is 23.1 Å². The summed E-state index contributed by atoms with van der Waals surface area (Å²) in [7, 11) is -4.30. The standard InChI is InChI=1S/C11H13F3N2O4S/c1-7-3-4-9(15-8(2)17)5-10(7)21(18,19)16-20-6-11(12,13)14/h3-5,16H,6H2,1-2H3,(H,15,17). The number of alkyl halides is 3. The summed E-state index contributed by atoms with van der Waals surface area (Å²) < 4.78 is 59.5. The summed E-state index contributed by atoms with van der Waals surface area (Å²) >= 11 is 0. The number of benzene rings is 1. The number of sulfonamides is 1. The monoisotopic (exact) mass is 326 g/mol. The van der Waals surface area contributed by atoms with E-state index in [4.69, 9.17) is 0 Å². The van der Waals surface area contributed by atoms with E-state index in [1.54, 1.807) is 0 Å². The van der Waals surface area contributed by atoms with E-state index in [2.05, 4.69) is 10.2 Å². The van der Waals surface area contributed by atoms with Crippen molar-refractivity contribution in [1.29, 1.82) is 0 Å². The van der Waals surface area contributed by atoms with Gasteiger partial charge in [0.2, 0.25) is 5.91 Å². The maximum atomic E-state index is 11.9. The molecule has 0 atom stereocenters. The Morgan fingerprint density at radius 2 is 1.95 bits per heavy atom. The van der Waals surface area contributed by atoms with Gasteiger partial charge in [-0.1, -0.05) is 11.0 Å². The largest absolute Gasteiger partial charge is 0.413 e. The third-order valence-corrected chi connectivity index (χ3v) is 3.56. The molecule has 118 valence electrons. The van der Waals surface area contributed by atoms with Gasteiger partial charge in [0.1, 0.15) is 0 Å². The summed E-state index contributed by atoms with van der Waals surface area (Å²) in [6, 6.07) is 3.99. The second kappa shape index (κ2) is 6.41. The molecule has 0 unspecified atom stereocenters. The normalized spacial score (nSPS) is 12.2. The Morgan fingerprint density at radius 3 is 2.48 bits per heavy atom. The molecule has 0 radical (unpaired) electrons. The van der Waals surface area contributed by atoms with Crippen LogP contribution in [0.1, 0.15) is 12.5 Å². The lowest BCUT2D eigenvalue weighted by molar-refractivity contribution is -0.181. The van der Waals surface area contributed by atoms with Crippen LogP contribution in [-0.2, 0) is 19.7 Å². The minimum atomic E-state index is -4.66.